The van der Waals surface area contributed by atoms with E-state index >= 15 is 0 Å². The van der Waals surface area contributed by atoms with Crippen LogP contribution in [0.3, 0.4) is 0 Å². The van der Waals surface area contributed by atoms with Crippen LogP contribution in [0.4, 0.5) is 5.69 Å². The average Bonchev–Trinajstić information content (AvgIpc) is 2.75. The van der Waals surface area contributed by atoms with E-state index in [0.29, 0.717) is 16.8 Å². The third kappa shape index (κ3) is 2.76. The number of amides is 1. The molecule has 2 aromatic carbocycles. The van der Waals surface area contributed by atoms with Crippen molar-refractivity contribution in [3.05, 3.63) is 64.7 Å². The zero-order valence-electron chi connectivity index (χ0n) is 15.0. The Bertz CT molecular complexity index is 856. The fourth-order valence-electron chi connectivity index (χ4n) is 3.59. The number of hydrogen-bond donors (Lipinski definition) is 1. The summed E-state index contributed by atoms with van der Waals surface area (Å²) >= 11 is 0. The summed E-state index contributed by atoms with van der Waals surface area (Å²) in [5.74, 6) is -0.657. The van der Waals surface area contributed by atoms with Crippen LogP contribution in [0.2, 0.25) is 0 Å². The van der Waals surface area contributed by atoms with Gasteiger partial charge in [-0.2, -0.15) is 0 Å². The number of hydrogen-bond acceptors (Lipinski definition) is 3. The van der Waals surface area contributed by atoms with Crippen molar-refractivity contribution in [2.45, 2.75) is 45.8 Å². The molecular weight excluding hydrogens is 314 g/mol. The quantitative estimate of drug-likeness (QED) is 0.869. The molecule has 0 fully saturated rings. The summed E-state index contributed by atoms with van der Waals surface area (Å²) in [4.78, 5) is 27.4. The zero-order chi connectivity index (χ0) is 18.4. The number of benzene rings is 2. The molecule has 0 saturated heterocycles. The first-order valence-corrected chi connectivity index (χ1v) is 8.51. The smallest absolute Gasteiger partial charge is 0.264 e. The van der Waals surface area contributed by atoms with Crippen molar-refractivity contribution in [3.63, 3.8) is 0 Å². The molecule has 0 spiro atoms. The lowest BCUT2D eigenvalue weighted by molar-refractivity contribution is -0.136. The number of aryl methyl sites for hydroxylation is 2. The number of aliphatic hydroxyl groups is 1. The molecule has 0 aromatic heterocycles. The number of Topliss-reactive ketones (excluding diaryl/α,β-unsaturated/α-hetero) is 1. The molecule has 1 amide bonds. The molecule has 3 rings (SSSR count). The SMILES string of the molecule is Cc1ccc(C(=O)C[C@@]2(O)C(=O)N(C(C)C)c3ccccc32)c(C)c1. The van der Waals surface area contributed by atoms with Crippen molar-refractivity contribution in [3.8, 4) is 0 Å². The molecule has 0 unspecified atom stereocenters. The van der Waals surface area contributed by atoms with Crippen LogP contribution in [-0.4, -0.2) is 22.8 Å². The molecule has 0 bridgehead atoms. The van der Waals surface area contributed by atoms with E-state index in [2.05, 4.69) is 0 Å². The minimum absolute atomic E-state index is 0.0983. The zero-order valence-corrected chi connectivity index (χ0v) is 15.0. The highest BCUT2D eigenvalue weighted by molar-refractivity contribution is 6.11. The lowest BCUT2D eigenvalue weighted by Crippen LogP contribution is -2.44. The molecule has 4 nitrogen and oxygen atoms in total. The fraction of sp³-hybridized carbons (Fsp3) is 0.333. The Hall–Kier alpha value is -2.46. The largest absolute Gasteiger partial charge is 0.375 e. The van der Waals surface area contributed by atoms with Crippen molar-refractivity contribution in [2.75, 3.05) is 4.90 Å². The van der Waals surface area contributed by atoms with Gasteiger partial charge in [0.2, 0.25) is 0 Å². The van der Waals surface area contributed by atoms with Crippen LogP contribution in [0.25, 0.3) is 0 Å². The van der Waals surface area contributed by atoms with Crippen LogP contribution >= 0.6 is 0 Å². The maximum atomic E-state index is 13.0. The first kappa shape index (κ1) is 17.4. The van der Waals surface area contributed by atoms with E-state index in [4.69, 9.17) is 0 Å². The molecule has 1 atom stereocenters. The van der Waals surface area contributed by atoms with Gasteiger partial charge < -0.3 is 10.0 Å². The highest BCUT2D eigenvalue weighted by Crippen LogP contribution is 2.43. The first-order valence-electron chi connectivity index (χ1n) is 8.51. The van der Waals surface area contributed by atoms with E-state index in [0.717, 1.165) is 11.1 Å². The van der Waals surface area contributed by atoms with Gasteiger partial charge in [0, 0.05) is 17.2 Å². The molecule has 130 valence electrons. The third-order valence-electron chi connectivity index (χ3n) is 4.80. The van der Waals surface area contributed by atoms with Crippen LogP contribution in [0.15, 0.2) is 42.5 Å². The van der Waals surface area contributed by atoms with Crippen molar-refractivity contribution in [2.24, 2.45) is 0 Å². The Morgan fingerprint density at radius 3 is 2.48 bits per heavy atom. The van der Waals surface area contributed by atoms with E-state index < -0.39 is 11.5 Å². The second-order valence-electron chi connectivity index (χ2n) is 7.06. The Labute approximate surface area is 148 Å². The van der Waals surface area contributed by atoms with Gasteiger partial charge in [0.25, 0.3) is 5.91 Å². The van der Waals surface area contributed by atoms with Gasteiger partial charge in [-0.25, -0.2) is 0 Å². The molecule has 1 N–H and O–H groups in total. The molecule has 1 aliphatic rings. The Morgan fingerprint density at radius 2 is 1.84 bits per heavy atom. The maximum Gasteiger partial charge on any atom is 0.264 e. The van der Waals surface area contributed by atoms with Gasteiger partial charge in [-0.05, 0) is 39.3 Å². The van der Waals surface area contributed by atoms with E-state index in [1.54, 1.807) is 23.1 Å². The minimum Gasteiger partial charge on any atom is -0.375 e. The number of ketones is 1. The summed E-state index contributed by atoms with van der Waals surface area (Å²) in [6, 6.07) is 12.6. The summed E-state index contributed by atoms with van der Waals surface area (Å²) in [6.45, 7) is 7.62. The minimum atomic E-state index is -1.81. The summed E-state index contributed by atoms with van der Waals surface area (Å²) in [7, 11) is 0. The molecule has 1 aliphatic heterocycles. The van der Waals surface area contributed by atoms with Crippen molar-refractivity contribution in [1.29, 1.82) is 0 Å². The van der Waals surface area contributed by atoms with E-state index in [1.165, 1.54) is 0 Å². The number of para-hydroxylation sites is 1. The number of fused-ring (bicyclic) bond motifs is 1. The standard InChI is InChI=1S/C21H23NO3/c1-13(2)22-18-8-6-5-7-17(18)21(25,20(22)24)12-19(23)16-10-9-14(3)11-15(16)4/h5-11,13,25H,12H2,1-4H3/t21-/m0/s1. The monoisotopic (exact) mass is 337 g/mol. The van der Waals surface area contributed by atoms with Crippen molar-refractivity contribution < 1.29 is 14.7 Å². The molecule has 4 heteroatoms. The van der Waals surface area contributed by atoms with Crippen LogP contribution in [0, 0.1) is 13.8 Å². The number of rotatable bonds is 4. The molecule has 0 radical (unpaired) electrons. The Kier molecular flexibility index (Phi) is 4.25. The fourth-order valence-corrected chi connectivity index (χ4v) is 3.59. The predicted molar refractivity (Wildman–Crippen MR) is 97.8 cm³/mol. The lowest BCUT2D eigenvalue weighted by Gasteiger charge is -2.25. The lowest BCUT2D eigenvalue weighted by atomic mass is 9.87. The predicted octanol–water partition coefficient (Wildman–Crippen LogP) is 3.52. The summed E-state index contributed by atoms with van der Waals surface area (Å²) < 4.78 is 0. The molecular formula is C21H23NO3. The maximum absolute atomic E-state index is 13.0. The number of carbonyl (C=O) groups excluding carboxylic acids is 2. The van der Waals surface area contributed by atoms with Gasteiger partial charge in [-0.3, -0.25) is 9.59 Å². The van der Waals surface area contributed by atoms with Crippen molar-refractivity contribution in [1.82, 2.24) is 0 Å². The number of anilines is 1. The Balaban J connectivity index is 2.01. The first-order chi connectivity index (χ1) is 11.8. The van der Waals surface area contributed by atoms with E-state index in [9.17, 15) is 14.7 Å². The van der Waals surface area contributed by atoms with Gasteiger partial charge in [-0.15, -0.1) is 0 Å². The molecule has 1 heterocycles. The van der Waals surface area contributed by atoms with Gasteiger partial charge in [-0.1, -0.05) is 42.0 Å². The van der Waals surface area contributed by atoms with Gasteiger partial charge in [0.05, 0.1) is 12.1 Å². The number of nitrogens with zero attached hydrogens (tertiary/aromatic N) is 1. The average molecular weight is 337 g/mol. The molecule has 0 aliphatic carbocycles. The van der Waals surface area contributed by atoms with Crippen molar-refractivity contribution >= 4 is 17.4 Å². The van der Waals surface area contributed by atoms with Gasteiger partial charge in [0.1, 0.15) is 0 Å². The molecule has 25 heavy (non-hydrogen) atoms. The van der Waals surface area contributed by atoms with Gasteiger partial charge >= 0.3 is 0 Å². The summed E-state index contributed by atoms with van der Waals surface area (Å²) in [5.41, 5.74) is 1.85. The van der Waals surface area contributed by atoms with Crippen LogP contribution in [-0.2, 0) is 10.4 Å². The van der Waals surface area contributed by atoms with Crippen LogP contribution < -0.4 is 4.90 Å². The number of carbonyl (C=O) groups is 2. The second-order valence-corrected chi connectivity index (χ2v) is 7.06. The summed E-state index contributed by atoms with van der Waals surface area (Å²) in [6.07, 6.45) is -0.254. The summed E-state index contributed by atoms with van der Waals surface area (Å²) in [5, 5.41) is 11.2. The highest BCUT2D eigenvalue weighted by atomic mass is 16.3. The Morgan fingerprint density at radius 1 is 1.16 bits per heavy atom. The highest BCUT2D eigenvalue weighted by Gasteiger charge is 2.51. The van der Waals surface area contributed by atoms with Gasteiger partial charge in [0.15, 0.2) is 11.4 Å². The molecule has 2 aromatic rings. The molecule has 0 saturated carbocycles. The topological polar surface area (TPSA) is 57.6 Å². The van der Waals surface area contributed by atoms with E-state index in [1.807, 2.05) is 52.0 Å². The second kappa shape index (κ2) is 6.12. The normalized spacial score (nSPS) is 19.4. The van der Waals surface area contributed by atoms with E-state index in [-0.39, 0.29) is 18.2 Å². The third-order valence-corrected chi connectivity index (χ3v) is 4.80. The van der Waals surface area contributed by atoms with Crippen LogP contribution in [0.5, 0.6) is 0 Å². The van der Waals surface area contributed by atoms with Crippen LogP contribution in [0.1, 0.15) is 47.3 Å².